The van der Waals surface area contributed by atoms with Crippen LogP contribution in [-0.2, 0) is 19.1 Å². The third-order valence-corrected chi connectivity index (χ3v) is 4.89. The maximum absolute atomic E-state index is 12.5. The number of amides is 4. The number of imide groups is 1. The van der Waals surface area contributed by atoms with Gasteiger partial charge in [-0.15, -0.1) is 0 Å². The van der Waals surface area contributed by atoms with E-state index in [1.165, 1.54) is 0 Å². The van der Waals surface area contributed by atoms with Crippen molar-refractivity contribution in [2.24, 2.45) is 5.92 Å². The molecule has 8 nitrogen and oxygen atoms in total. The van der Waals surface area contributed by atoms with Gasteiger partial charge in [-0.2, -0.15) is 5.01 Å². The fourth-order valence-electron chi connectivity index (χ4n) is 3.27. The number of carbonyl (C=O) groups excluding carboxylic acids is 4. The highest BCUT2D eigenvalue weighted by Crippen LogP contribution is 2.33. The second-order valence-electron chi connectivity index (χ2n) is 6.48. The summed E-state index contributed by atoms with van der Waals surface area (Å²) in [6, 6.07) is -0.629. The van der Waals surface area contributed by atoms with Crippen LogP contribution in [0.25, 0.3) is 0 Å². The first kappa shape index (κ1) is 15.8. The molecular formula is C15H21N3O5. The molecule has 0 aromatic heterocycles. The first-order valence-electron chi connectivity index (χ1n) is 8.15. The molecule has 1 aliphatic heterocycles. The quantitative estimate of drug-likeness (QED) is 0.583. The number of ether oxygens (including phenoxy) is 1. The Balaban J connectivity index is 1.52. The van der Waals surface area contributed by atoms with Crippen molar-refractivity contribution < 1.29 is 23.9 Å². The third kappa shape index (κ3) is 3.02. The number of hydrazine groups is 1. The lowest BCUT2D eigenvalue weighted by Crippen LogP contribution is -2.51. The van der Waals surface area contributed by atoms with Gasteiger partial charge in [-0.05, 0) is 25.7 Å². The topological polar surface area (TPSA) is 105 Å². The molecule has 3 aliphatic rings. The molecule has 2 aliphatic carbocycles. The summed E-state index contributed by atoms with van der Waals surface area (Å²) in [5.74, 6) is -1.63. The lowest BCUT2D eigenvalue weighted by Gasteiger charge is -2.30. The van der Waals surface area contributed by atoms with E-state index in [9.17, 15) is 19.2 Å². The van der Waals surface area contributed by atoms with Gasteiger partial charge in [-0.3, -0.25) is 19.8 Å². The molecule has 2 saturated carbocycles. The first-order valence-corrected chi connectivity index (χ1v) is 8.15. The van der Waals surface area contributed by atoms with E-state index in [1.807, 2.05) is 0 Å². The predicted octanol–water partition coefficient (Wildman–Crippen LogP) is 0.616. The standard InChI is InChI=1S/C15H21N3O5/c19-11(9-23-12(20)10-5-4-6-10)17-18-13(21)15(16-14(18)22)7-2-1-3-8-15/h10H,1-9H2,(H,16,22)(H,17,19). The van der Waals surface area contributed by atoms with Crippen LogP contribution in [0.1, 0.15) is 51.4 Å². The molecule has 1 saturated heterocycles. The van der Waals surface area contributed by atoms with Gasteiger partial charge in [0.25, 0.3) is 11.8 Å². The van der Waals surface area contributed by atoms with Gasteiger partial charge in [0.2, 0.25) is 0 Å². The van der Waals surface area contributed by atoms with Crippen molar-refractivity contribution in [1.82, 2.24) is 15.8 Å². The maximum atomic E-state index is 12.5. The van der Waals surface area contributed by atoms with Gasteiger partial charge in [0, 0.05) is 0 Å². The van der Waals surface area contributed by atoms with Crippen LogP contribution in [-0.4, -0.2) is 41.0 Å². The summed E-state index contributed by atoms with van der Waals surface area (Å²) in [4.78, 5) is 47.8. The minimum absolute atomic E-state index is 0.120. The zero-order valence-corrected chi connectivity index (χ0v) is 12.9. The molecule has 2 N–H and O–H groups in total. The van der Waals surface area contributed by atoms with Crippen LogP contribution in [0, 0.1) is 5.92 Å². The van der Waals surface area contributed by atoms with E-state index < -0.39 is 36.0 Å². The SMILES string of the molecule is O=C(COC(=O)C1CCC1)NN1C(=O)NC2(CCCCC2)C1=O. The molecule has 0 aromatic rings. The van der Waals surface area contributed by atoms with E-state index in [0.717, 1.165) is 38.5 Å². The van der Waals surface area contributed by atoms with Crippen molar-refractivity contribution in [2.45, 2.75) is 56.9 Å². The molecular weight excluding hydrogens is 302 g/mol. The van der Waals surface area contributed by atoms with Crippen molar-refractivity contribution in [1.29, 1.82) is 0 Å². The average molecular weight is 323 g/mol. The molecule has 3 fully saturated rings. The zero-order valence-electron chi connectivity index (χ0n) is 12.9. The van der Waals surface area contributed by atoms with E-state index in [4.69, 9.17) is 4.74 Å². The first-order chi connectivity index (χ1) is 11.0. The summed E-state index contributed by atoms with van der Waals surface area (Å²) >= 11 is 0. The Hall–Kier alpha value is -2.12. The highest BCUT2D eigenvalue weighted by molar-refractivity contribution is 6.08. The van der Waals surface area contributed by atoms with Crippen LogP contribution in [0.2, 0.25) is 0 Å². The van der Waals surface area contributed by atoms with E-state index in [1.54, 1.807) is 0 Å². The van der Waals surface area contributed by atoms with Gasteiger partial charge in [-0.1, -0.05) is 25.7 Å². The molecule has 1 spiro atoms. The molecule has 0 bridgehead atoms. The van der Waals surface area contributed by atoms with Gasteiger partial charge in [0.05, 0.1) is 5.92 Å². The van der Waals surface area contributed by atoms with E-state index in [-0.39, 0.29) is 5.92 Å². The molecule has 4 amide bonds. The summed E-state index contributed by atoms with van der Waals surface area (Å²) in [6.45, 7) is -0.487. The number of rotatable bonds is 4. The van der Waals surface area contributed by atoms with Gasteiger partial charge in [0.1, 0.15) is 5.54 Å². The van der Waals surface area contributed by atoms with Crippen LogP contribution in [0.4, 0.5) is 4.79 Å². The van der Waals surface area contributed by atoms with Crippen LogP contribution < -0.4 is 10.7 Å². The number of nitrogens with one attached hydrogen (secondary N) is 2. The van der Waals surface area contributed by atoms with Crippen LogP contribution >= 0.6 is 0 Å². The van der Waals surface area contributed by atoms with Gasteiger partial charge < -0.3 is 10.1 Å². The Bertz CT molecular complexity index is 537. The van der Waals surface area contributed by atoms with E-state index >= 15 is 0 Å². The number of carbonyl (C=O) groups is 4. The lowest BCUT2D eigenvalue weighted by molar-refractivity contribution is -0.156. The Labute approximate surface area is 133 Å². The molecule has 0 radical (unpaired) electrons. The van der Waals surface area contributed by atoms with E-state index in [2.05, 4.69) is 10.7 Å². The minimum atomic E-state index is -0.884. The van der Waals surface area contributed by atoms with Crippen LogP contribution in [0.5, 0.6) is 0 Å². The summed E-state index contributed by atoms with van der Waals surface area (Å²) in [5, 5.41) is 3.40. The molecule has 3 rings (SSSR count). The third-order valence-electron chi connectivity index (χ3n) is 4.89. The van der Waals surface area contributed by atoms with Crippen molar-refractivity contribution in [3.63, 3.8) is 0 Å². The molecule has 0 unspecified atom stereocenters. The number of nitrogens with zero attached hydrogens (tertiary/aromatic N) is 1. The van der Waals surface area contributed by atoms with Crippen LogP contribution in [0.3, 0.4) is 0 Å². The second-order valence-corrected chi connectivity index (χ2v) is 6.48. The van der Waals surface area contributed by atoms with Crippen molar-refractivity contribution in [2.75, 3.05) is 6.61 Å². The Morgan fingerprint density at radius 3 is 2.48 bits per heavy atom. The smallest absolute Gasteiger partial charge is 0.344 e. The lowest BCUT2D eigenvalue weighted by atomic mass is 9.82. The largest absolute Gasteiger partial charge is 0.455 e. The second kappa shape index (κ2) is 6.17. The number of hydrogen-bond donors (Lipinski definition) is 2. The Kier molecular flexibility index (Phi) is 4.23. The number of urea groups is 1. The fourth-order valence-corrected chi connectivity index (χ4v) is 3.27. The van der Waals surface area contributed by atoms with Gasteiger partial charge in [0.15, 0.2) is 6.61 Å². The molecule has 8 heteroatoms. The normalized spacial score (nSPS) is 23.4. The Morgan fingerprint density at radius 2 is 1.87 bits per heavy atom. The highest BCUT2D eigenvalue weighted by Gasteiger charge is 2.52. The maximum Gasteiger partial charge on any atom is 0.344 e. The molecule has 23 heavy (non-hydrogen) atoms. The minimum Gasteiger partial charge on any atom is -0.455 e. The highest BCUT2D eigenvalue weighted by atomic mass is 16.5. The summed E-state index contributed by atoms with van der Waals surface area (Å²) in [5.41, 5.74) is 1.35. The number of esters is 1. The van der Waals surface area contributed by atoms with Crippen molar-refractivity contribution in [3.8, 4) is 0 Å². The van der Waals surface area contributed by atoms with Crippen molar-refractivity contribution in [3.05, 3.63) is 0 Å². The molecule has 126 valence electrons. The van der Waals surface area contributed by atoms with Crippen molar-refractivity contribution >= 4 is 23.8 Å². The predicted molar refractivity (Wildman–Crippen MR) is 77.6 cm³/mol. The Morgan fingerprint density at radius 1 is 1.17 bits per heavy atom. The molecule has 0 aromatic carbocycles. The van der Waals surface area contributed by atoms with Gasteiger partial charge in [-0.25, -0.2) is 4.79 Å². The summed E-state index contributed by atoms with van der Waals surface area (Å²) < 4.78 is 4.90. The average Bonchev–Trinajstić information content (AvgIpc) is 2.69. The van der Waals surface area contributed by atoms with E-state index in [0.29, 0.717) is 17.9 Å². The van der Waals surface area contributed by atoms with Gasteiger partial charge >= 0.3 is 12.0 Å². The summed E-state index contributed by atoms with van der Waals surface area (Å²) in [7, 11) is 0. The monoisotopic (exact) mass is 323 g/mol. The van der Waals surface area contributed by atoms with Crippen LogP contribution in [0.15, 0.2) is 0 Å². The summed E-state index contributed by atoms with van der Waals surface area (Å²) in [6.07, 6.45) is 6.51. The molecule has 1 heterocycles. The number of hydrogen-bond acceptors (Lipinski definition) is 5. The fraction of sp³-hybridized carbons (Fsp3) is 0.733. The zero-order chi connectivity index (χ0) is 16.4. The molecule has 0 atom stereocenters.